The molecule has 0 spiro atoms. The highest BCUT2D eigenvalue weighted by atomic mass is 16.3. The zero-order valence-corrected chi connectivity index (χ0v) is 11.8. The van der Waals surface area contributed by atoms with E-state index in [1.165, 1.54) is 0 Å². The second-order valence-electron chi connectivity index (χ2n) is 4.94. The van der Waals surface area contributed by atoms with Crippen molar-refractivity contribution in [1.29, 1.82) is 0 Å². The molecule has 0 saturated carbocycles. The summed E-state index contributed by atoms with van der Waals surface area (Å²) in [6, 6.07) is 17.3. The van der Waals surface area contributed by atoms with Gasteiger partial charge in [0.2, 0.25) is 0 Å². The monoisotopic (exact) mass is 279 g/mol. The largest absolute Gasteiger partial charge is 0.508 e. The minimum absolute atomic E-state index is 0.284. The number of hydrogen-bond donors (Lipinski definition) is 2. The highest BCUT2D eigenvalue weighted by Gasteiger charge is 2.03. The van der Waals surface area contributed by atoms with Gasteiger partial charge in [-0.3, -0.25) is 0 Å². The van der Waals surface area contributed by atoms with E-state index >= 15 is 0 Å². The number of aryl methyl sites for hydroxylation is 1. The highest BCUT2D eigenvalue weighted by molar-refractivity contribution is 5.53. The van der Waals surface area contributed by atoms with Crippen LogP contribution < -0.4 is 5.32 Å². The van der Waals surface area contributed by atoms with E-state index in [0.717, 1.165) is 22.6 Å². The molecule has 3 rings (SSSR count). The van der Waals surface area contributed by atoms with Gasteiger partial charge in [-0.15, -0.1) is 0 Å². The first-order chi connectivity index (χ1) is 10.2. The number of hydrogen-bond acceptors (Lipinski definition) is 3. The molecule has 0 saturated heterocycles. The van der Waals surface area contributed by atoms with Crippen LogP contribution in [0.25, 0.3) is 5.69 Å². The SMILES string of the molecule is Cc1cc(O)ccc1NCc1ccn(-c2ccccc2)n1. The lowest BCUT2D eigenvalue weighted by Gasteiger charge is -2.08. The molecule has 3 aromatic rings. The van der Waals surface area contributed by atoms with Crippen LogP contribution in [0.2, 0.25) is 0 Å². The summed E-state index contributed by atoms with van der Waals surface area (Å²) in [5.41, 5.74) is 4.02. The third-order valence-electron chi connectivity index (χ3n) is 3.33. The average Bonchev–Trinajstić information content (AvgIpc) is 2.96. The van der Waals surface area contributed by atoms with Crippen LogP contribution in [0.4, 0.5) is 5.69 Å². The molecule has 106 valence electrons. The molecule has 2 N–H and O–H groups in total. The molecular weight excluding hydrogens is 262 g/mol. The van der Waals surface area contributed by atoms with Crippen molar-refractivity contribution in [2.24, 2.45) is 0 Å². The van der Waals surface area contributed by atoms with Crippen LogP contribution in [-0.4, -0.2) is 14.9 Å². The zero-order chi connectivity index (χ0) is 14.7. The maximum Gasteiger partial charge on any atom is 0.115 e. The van der Waals surface area contributed by atoms with Gasteiger partial charge in [0.15, 0.2) is 0 Å². The number of aromatic hydroxyl groups is 1. The first-order valence-electron chi connectivity index (χ1n) is 6.86. The number of benzene rings is 2. The standard InChI is InChI=1S/C17H17N3O/c1-13-11-16(21)7-8-17(13)18-12-14-9-10-20(19-14)15-5-3-2-4-6-15/h2-11,18,21H,12H2,1H3. The molecule has 0 aliphatic heterocycles. The topological polar surface area (TPSA) is 50.1 Å². The van der Waals surface area contributed by atoms with Crippen LogP contribution in [0.3, 0.4) is 0 Å². The second-order valence-corrected chi connectivity index (χ2v) is 4.94. The van der Waals surface area contributed by atoms with Crippen molar-refractivity contribution in [1.82, 2.24) is 9.78 Å². The van der Waals surface area contributed by atoms with Gasteiger partial charge in [0, 0.05) is 11.9 Å². The number of para-hydroxylation sites is 1. The van der Waals surface area contributed by atoms with Gasteiger partial charge < -0.3 is 10.4 Å². The van der Waals surface area contributed by atoms with E-state index in [1.807, 2.05) is 60.3 Å². The predicted molar refractivity (Wildman–Crippen MR) is 83.7 cm³/mol. The van der Waals surface area contributed by atoms with Crippen molar-refractivity contribution in [2.45, 2.75) is 13.5 Å². The lowest BCUT2D eigenvalue weighted by Crippen LogP contribution is -2.03. The third-order valence-corrected chi connectivity index (χ3v) is 3.33. The van der Waals surface area contributed by atoms with Crippen molar-refractivity contribution in [3.8, 4) is 11.4 Å². The minimum atomic E-state index is 0.284. The molecule has 0 radical (unpaired) electrons. The molecule has 0 atom stereocenters. The Morgan fingerprint density at radius 1 is 1.10 bits per heavy atom. The summed E-state index contributed by atoms with van der Waals surface area (Å²) in [6.07, 6.45) is 1.95. The molecule has 4 heteroatoms. The molecule has 0 aliphatic rings. The van der Waals surface area contributed by atoms with Crippen molar-refractivity contribution in [2.75, 3.05) is 5.32 Å². The molecule has 1 heterocycles. The molecule has 0 amide bonds. The van der Waals surface area contributed by atoms with Crippen LogP contribution >= 0.6 is 0 Å². The fraction of sp³-hybridized carbons (Fsp3) is 0.118. The Balaban J connectivity index is 1.70. The minimum Gasteiger partial charge on any atom is -0.508 e. The second kappa shape index (κ2) is 5.71. The quantitative estimate of drug-likeness (QED) is 0.719. The summed E-state index contributed by atoms with van der Waals surface area (Å²) >= 11 is 0. The fourth-order valence-corrected chi connectivity index (χ4v) is 2.21. The van der Waals surface area contributed by atoms with Gasteiger partial charge in [0.1, 0.15) is 5.75 Å². The summed E-state index contributed by atoms with van der Waals surface area (Å²) in [4.78, 5) is 0. The molecule has 21 heavy (non-hydrogen) atoms. The van der Waals surface area contributed by atoms with E-state index in [9.17, 15) is 5.11 Å². The van der Waals surface area contributed by atoms with Crippen molar-refractivity contribution in [3.63, 3.8) is 0 Å². The fourth-order valence-electron chi connectivity index (χ4n) is 2.21. The van der Waals surface area contributed by atoms with Gasteiger partial charge in [-0.2, -0.15) is 5.10 Å². The van der Waals surface area contributed by atoms with Crippen LogP contribution in [0.15, 0.2) is 60.8 Å². The first kappa shape index (κ1) is 13.2. The number of nitrogens with one attached hydrogen (secondary N) is 1. The molecule has 0 bridgehead atoms. The van der Waals surface area contributed by atoms with E-state index in [-0.39, 0.29) is 5.75 Å². The maximum absolute atomic E-state index is 9.41. The molecule has 0 aliphatic carbocycles. The van der Waals surface area contributed by atoms with Crippen LogP contribution in [0.1, 0.15) is 11.3 Å². The molecule has 1 aromatic heterocycles. The van der Waals surface area contributed by atoms with Gasteiger partial charge >= 0.3 is 0 Å². The number of anilines is 1. The Kier molecular flexibility index (Phi) is 3.60. The Morgan fingerprint density at radius 2 is 1.90 bits per heavy atom. The predicted octanol–water partition coefficient (Wildman–Crippen LogP) is 3.50. The maximum atomic E-state index is 9.41. The Hall–Kier alpha value is -2.75. The summed E-state index contributed by atoms with van der Waals surface area (Å²) in [7, 11) is 0. The van der Waals surface area contributed by atoms with Crippen molar-refractivity contribution in [3.05, 3.63) is 72.1 Å². The average molecular weight is 279 g/mol. The summed E-state index contributed by atoms with van der Waals surface area (Å²) < 4.78 is 1.86. The van der Waals surface area contributed by atoms with E-state index in [1.54, 1.807) is 12.1 Å². The van der Waals surface area contributed by atoms with Crippen molar-refractivity contribution >= 4 is 5.69 Å². The van der Waals surface area contributed by atoms with Crippen LogP contribution in [-0.2, 0) is 6.54 Å². The number of nitrogens with zero attached hydrogens (tertiary/aromatic N) is 2. The molecule has 4 nitrogen and oxygen atoms in total. The Bertz CT molecular complexity index is 735. The van der Waals surface area contributed by atoms with Gasteiger partial charge in [-0.1, -0.05) is 18.2 Å². The van der Waals surface area contributed by atoms with E-state index < -0.39 is 0 Å². The summed E-state index contributed by atoms with van der Waals surface area (Å²) in [5.74, 6) is 0.284. The van der Waals surface area contributed by atoms with E-state index in [0.29, 0.717) is 6.54 Å². The zero-order valence-electron chi connectivity index (χ0n) is 11.8. The molecule has 2 aromatic carbocycles. The molecular formula is C17H17N3O. The number of phenols is 1. The van der Waals surface area contributed by atoms with Crippen molar-refractivity contribution < 1.29 is 5.11 Å². The summed E-state index contributed by atoms with van der Waals surface area (Å²) in [5, 5.41) is 17.3. The smallest absolute Gasteiger partial charge is 0.115 e. The Morgan fingerprint density at radius 3 is 2.67 bits per heavy atom. The van der Waals surface area contributed by atoms with Crippen LogP contribution in [0.5, 0.6) is 5.75 Å². The number of aromatic nitrogens is 2. The van der Waals surface area contributed by atoms with Gasteiger partial charge in [0.05, 0.1) is 17.9 Å². The number of rotatable bonds is 4. The highest BCUT2D eigenvalue weighted by Crippen LogP contribution is 2.20. The lowest BCUT2D eigenvalue weighted by molar-refractivity contribution is 0.475. The van der Waals surface area contributed by atoms with Crippen LogP contribution in [0, 0.1) is 6.92 Å². The molecule has 0 fully saturated rings. The van der Waals surface area contributed by atoms with E-state index in [2.05, 4.69) is 10.4 Å². The van der Waals surface area contributed by atoms with Gasteiger partial charge in [0.25, 0.3) is 0 Å². The van der Waals surface area contributed by atoms with Gasteiger partial charge in [-0.05, 0) is 48.9 Å². The first-order valence-corrected chi connectivity index (χ1v) is 6.86. The third kappa shape index (κ3) is 3.05. The Labute approximate surface area is 123 Å². The summed E-state index contributed by atoms with van der Waals surface area (Å²) in [6.45, 7) is 2.61. The van der Waals surface area contributed by atoms with Gasteiger partial charge in [-0.25, -0.2) is 4.68 Å². The molecule has 0 unspecified atom stereocenters. The lowest BCUT2D eigenvalue weighted by atomic mass is 10.2. The van der Waals surface area contributed by atoms with E-state index in [4.69, 9.17) is 0 Å². The number of phenolic OH excluding ortho intramolecular Hbond substituents is 1. The normalized spacial score (nSPS) is 10.5.